The average Bonchev–Trinajstić information content (AvgIpc) is 2.66. The number of benzene rings is 2. The van der Waals surface area contributed by atoms with E-state index in [0.29, 0.717) is 18.4 Å². The summed E-state index contributed by atoms with van der Waals surface area (Å²) >= 11 is 0. The summed E-state index contributed by atoms with van der Waals surface area (Å²) in [5, 5.41) is 25.0. The molecule has 2 rings (SSSR count). The lowest BCUT2D eigenvalue weighted by Crippen LogP contribution is -2.47. The average molecular weight is 370 g/mol. The van der Waals surface area contributed by atoms with Gasteiger partial charge in [-0.3, -0.25) is 4.79 Å². The Morgan fingerprint density at radius 1 is 1.04 bits per heavy atom. The summed E-state index contributed by atoms with van der Waals surface area (Å²) in [5.41, 5.74) is 0.524. The molecule has 0 radical (unpaired) electrons. The molecule has 0 heterocycles. The Labute approximate surface area is 159 Å². The molecule has 2 atom stereocenters. The molecule has 2 amide bonds. The number of hydrogen-bond acceptors (Lipinski definition) is 3. The van der Waals surface area contributed by atoms with Gasteiger partial charge < -0.3 is 20.8 Å². The fourth-order valence-corrected chi connectivity index (χ4v) is 2.81. The van der Waals surface area contributed by atoms with Gasteiger partial charge in [0.25, 0.3) is 0 Å². The van der Waals surface area contributed by atoms with Gasteiger partial charge >= 0.3 is 12.0 Å². The van der Waals surface area contributed by atoms with Crippen LogP contribution in [0.3, 0.4) is 0 Å². The Bertz CT molecular complexity index is 732. The number of carboxylic acid groups (broad SMARTS) is 1. The van der Waals surface area contributed by atoms with Crippen LogP contribution in [0.1, 0.15) is 30.9 Å². The Morgan fingerprint density at radius 2 is 1.63 bits per heavy atom. The molecule has 2 aromatic rings. The molecule has 2 aromatic carbocycles. The first-order valence-electron chi connectivity index (χ1n) is 8.95. The van der Waals surface area contributed by atoms with E-state index < -0.39 is 17.6 Å². The summed E-state index contributed by atoms with van der Waals surface area (Å²) < 4.78 is 0. The zero-order valence-electron chi connectivity index (χ0n) is 15.4. The molecule has 2 unspecified atom stereocenters. The Balaban J connectivity index is 1.93. The van der Waals surface area contributed by atoms with Crippen molar-refractivity contribution < 1.29 is 19.8 Å². The number of carbonyl (C=O) groups is 2. The highest BCUT2D eigenvalue weighted by atomic mass is 16.4. The first kappa shape index (κ1) is 20.5. The maximum Gasteiger partial charge on any atom is 0.315 e. The van der Waals surface area contributed by atoms with Gasteiger partial charge in [0.15, 0.2) is 0 Å². The van der Waals surface area contributed by atoms with Crippen LogP contribution in [0.15, 0.2) is 60.7 Å². The van der Waals surface area contributed by atoms with Gasteiger partial charge in [-0.1, -0.05) is 60.7 Å². The minimum Gasteiger partial charge on any atom is -0.481 e. The number of carboxylic acids is 1. The largest absolute Gasteiger partial charge is 0.481 e. The van der Waals surface area contributed by atoms with E-state index in [4.69, 9.17) is 5.11 Å². The fourth-order valence-electron chi connectivity index (χ4n) is 2.81. The van der Waals surface area contributed by atoms with Gasteiger partial charge in [-0.15, -0.1) is 0 Å². The van der Waals surface area contributed by atoms with Crippen molar-refractivity contribution >= 4 is 12.0 Å². The van der Waals surface area contributed by atoms with Crippen LogP contribution < -0.4 is 10.6 Å². The van der Waals surface area contributed by atoms with Crippen molar-refractivity contribution in [3.63, 3.8) is 0 Å². The molecular weight excluding hydrogens is 344 g/mol. The molecule has 6 nitrogen and oxygen atoms in total. The maximum atomic E-state index is 12.3. The van der Waals surface area contributed by atoms with Crippen LogP contribution in [0, 0.1) is 0 Å². The predicted octanol–water partition coefficient (Wildman–Crippen LogP) is 2.67. The first-order valence-corrected chi connectivity index (χ1v) is 8.95. The van der Waals surface area contributed by atoms with Crippen LogP contribution in [0.25, 0.3) is 0 Å². The van der Waals surface area contributed by atoms with Crippen LogP contribution in [0.5, 0.6) is 0 Å². The van der Waals surface area contributed by atoms with Crippen LogP contribution in [-0.2, 0) is 16.8 Å². The van der Waals surface area contributed by atoms with E-state index in [1.165, 1.54) is 0 Å². The summed E-state index contributed by atoms with van der Waals surface area (Å²) in [4.78, 5) is 23.2. The van der Waals surface area contributed by atoms with E-state index in [1.54, 1.807) is 19.1 Å². The number of carbonyl (C=O) groups excluding carboxylic acids is 1. The van der Waals surface area contributed by atoms with Crippen molar-refractivity contribution in [3.05, 3.63) is 71.8 Å². The smallest absolute Gasteiger partial charge is 0.315 e. The van der Waals surface area contributed by atoms with E-state index >= 15 is 0 Å². The SMILES string of the molecule is CC(O)(CNC(=O)NC(CCC(=O)O)Cc1ccccc1)c1ccccc1. The quantitative estimate of drug-likeness (QED) is 0.545. The lowest BCUT2D eigenvalue weighted by molar-refractivity contribution is -0.137. The van der Waals surface area contributed by atoms with Crippen molar-refractivity contribution in [2.24, 2.45) is 0 Å². The molecule has 0 fully saturated rings. The minimum absolute atomic E-state index is 0.0283. The summed E-state index contributed by atoms with van der Waals surface area (Å²) in [6.07, 6.45) is 0.836. The van der Waals surface area contributed by atoms with Crippen LogP contribution >= 0.6 is 0 Å². The van der Waals surface area contributed by atoms with Crippen molar-refractivity contribution in [3.8, 4) is 0 Å². The van der Waals surface area contributed by atoms with Gasteiger partial charge in [0.2, 0.25) is 0 Å². The minimum atomic E-state index is -1.20. The molecule has 0 saturated heterocycles. The normalized spacial score (nSPS) is 14.0. The number of amides is 2. The number of aliphatic hydroxyl groups is 1. The highest BCUT2D eigenvalue weighted by molar-refractivity contribution is 5.74. The highest BCUT2D eigenvalue weighted by Crippen LogP contribution is 2.18. The predicted molar refractivity (Wildman–Crippen MR) is 103 cm³/mol. The lowest BCUT2D eigenvalue weighted by Gasteiger charge is -2.25. The van der Waals surface area contributed by atoms with Gasteiger partial charge in [0, 0.05) is 12.5 Å². The van der Waals surface area contributed by atoms with Crippen molar-refractivity contribution in [1.29, 1.82) is 0 Å². The van der Waals surface area contributed by atoms with Gasteiger partial charge in [-0.05, 0) is 30.9 Å². The Hall–Kier alpha value is -2.86. The van der Waals surface area contributed by atoms with Gasteiger partial charge in [0.05, 0.1) is 6.54 Å². The number of aliphatic carboxylic acids is 1. The lowest BCUT2D eigenvalue weighted by atomic mass is 9.96. The Kier molecular flexibility index (Phi) is 7.37. The van der Waals surface area contributed by atoms with Crippen LogP contribution in [0.4, 0.5) is 4.79 Å². The number of urea groups is 1. The van der Waals surface area contributed by atoms with Crippen molar-refractivity contribution in [2.45, 2.75) is 37.8 Å². The number of hydrogen-bond donors (Lipinski definition) is 4. The molecule has 0 aliphatic rings. The molecular formula is C21H26N2O4. The second-order valence-electron chi connectivity index (χ2n) is 6.79. The van der Waals surface area contributed by atoms with Gasteiger partial charge in [0.1, 0.15) is 5.60 Å². The number of nitrogens with one attached hydrogen (secondary N) is 2. The highest BCUT2D eigenvalue weighted by Gasteiger charge is 2.24. The molecule has 0 saturated carbocycles. The van der Waals surface area contributed by atoms with E-state index in [-0.39, 0.29) is 19.0 Å². The first-order chi connectivity index (χ1) is 12.9. The molecule has 4 N–H and O–H groups in total. The van der Waals surface area contributed by atoms with E-state index in [2.05, 4.69) is 10.6 Å². The molecule has 0 aliphatic heterocycles. The second kappa shape index (κ2) is 9.73. The molecule has 27 heavy (non-hydrogen) atoms. The van der Waals surface area contributed by atoms with Crippen LogP contribution in [-0.4, -0.2) is 34.8 Å². The van der Waals surface area contributed by atoms with Gasteiger partial charge in [-0.2, -0.15) is 0 Å². The summed E-state index contributed by atoms with van der Waals surface area (Å²) in [6, 6.07) is 17.9. The van der Waals surface area contributed by atoms with E-state index in [9.17, 15) is 14.7 Å². The topological polar surface area (TPSA) is 98.7 Å². The van der Waals surface area contributed by atoms with E-state index in [1.807, 2.05) is 48.5 Å². The molecule has 144 valence electrons. The molecule has 0 spiro atoms. The third kappa shape index (κ3) is 7.11. The number of rotatable bonds is 9. The standard InChI is InChI=1S/C21H26N2O4/c1-21(27,17-10-6-3-7-11-17)15-22-20(26)23-18(12-13-19(24)25)14-16-8-4-2-5-9-16/h2-11,18,27H,12-15H2,1H3,(H,24,25)(H2,22,23,26). The maximum absolute atomic E-state index is 12.3. The molecule has 6 heteroatoms. The van der Waals surface area contributed by atoms with Crippen molar-refractivity contribution in [2.75, 3.05) is 6.54 Å². The molecule has 0 aromatic heterocycles. The zero-order chi connectivity index (χ0) is 19.7. The fraction of sp³-hybridized carbons (Fsp3) is 0.333. The molecule has 0 bridgehead atoms. The van der Waals surface area contributed by atoms with E-state index in [0.717, 1.165) is 5.56 Å². The summed E-state index contributed by atoms with van der Waals surface area (Å²) in [5.74, 6) is -0.901. The zero-order valence-corrected chi connectivity index (χ0v) is 15.4. The van der Waals surface area contributed by atoms with Crippen LogP contribution in [0.2, 0.25) is 0 Å². The Morgan fingerprint density at radius 3 is 2.22 bits per heavy atom. The third-order valence-electron chi connectivity index (χ3n) is 4.36. The second-order valence-corrected chi connectivity index (χ2v) is 6.79. The summed E-state index contributed by atoms with van der Waals surface area (Å²) in [6.45, 7) is 1.67. The van der Waals surface area contributed by atoms with Crippen molar-refractivity contribution in [1.82, 2.24) is 10.6 Å². The summed E-state index contributed by atoms with van der Waals surface area (Å²) in [7, 11) is 0. The monoisotopic (exact) mass is 370 g/mol. The third-order valence-corrected chi connectivity index (χ3v) is 4.36. The molecule has 0 aliphatic carbocycles. The van der Waals surface area contributed by atoms with Gasteiger partial charge in [-0.25, -0.2) is 4.79 Å².